The molecule has 0 aromatic heterocycles. The molecule has 7 atom stereocenters. The molecule has 0 aromatic rings. The number of Topliss-reactive ketones (excluding diaryl/α,β-unsaturated/α-hetero) is 1. The van der Waals surface area contributed by atoms with E-state index >= 15 is 0 Å². The molecule has 3 saturated carbocycles. The molecule has 0 unspecified atom stereocenters. The normalized spacial score (nSPS) is 50.6. The molecule has 0 spiro atoms. The first-order valence-electron chi connectivity index (χ1n) is 9.70. The molecule has 3 nitrogen and oxygen atoms in total. The third-order valence-corrected chi connectivity index (χ3v) is 8.43. The number of aliphatic hydroxyl groups is 1. The van der Waals surface area contributed by atoms with Gasteiger partial charge in [0.15, 0.2) is 5.78 Å². The van der Waals surface area contributed by atoms with Crippen molar-refractivity contribution in [2.24, 2.45) is 34.5 Å². The quantitative estimate of drug-likeness (QED) is 0.797. The molecule has 3 heteroatoms. The molecule has 1 N–H and O–H groups in total. The van der Waals surface area contributed by atoms with Gasteiger partial charge in [-0.15, -0.1) is 0 Å². The van der Waals surface area contributed by atoms with Crippen LogP contribution in [0.15, 0.2) is 11.6 Å². The van der Waals surface area contributed by atoms with Crippen LogP contribution in [-0.4, -0.2) is 22.8 Å². The summed E-state index contributed by atoms with van der Waals surface area (Å²) in [6.45, 7) is 6.29. The molecule has 4 aliphatic carbocycles. The summed E-state index contributed by atoms with van der Waals surface area (Å²) in [5.74, 6) is 1.95. The van der Waals surface area contributed by atoms with E-state index in [-0.39, 0.29) is 22.5 Å². The summed E-state index contributed by atoms with van der Waals surface area (Å²) in [5, 5.41) is 10.6. The first-order chi connectivity index (χ1) is 11.3. The van der Waals surface area contributed by atoms with Gasteiger partial charge in [-0.2, -0.15) is 0 Å². The van der Waals surface area contributed by atoms with Crippen LogP contribution in [-0.2, 0) is 9.59 Å². The topological polar surface area (TPSA) is 54.4 Å². The number of hydrogen-bond acceptors (Lipinski definition) is 3. The van der Waals surface area contributed by atoms with Crippen molar-refractivity contribution >= 4 is 11.6 Å². The largest absolute Gasteiger partial charge is 0.392 e. The summed E-state index contributed by atoms with van der Waals surface area (Å²) in [7, 11) is 0. The molecule has 4 rings (SSSR count). The van der Waals surface area contributed by atoms with Crippen LogP contribution in [0, 0.1) is 34.5 Å². The van der Waals surface area contributed by atoms with Gasteiger partial charge in [0.2, 0.25) is 0 Å². The summed E-state index contributed by atoms with van der Waals surface area (Å²) >= 11 is 0. The smallest absolute Gasteiger partial charge is 0.155 e. The van der Waals surface area contributed by atoms with E-state index in [4.69, 9.17) is 0 Å². The lowest BCUT2D eigenvalue weighted by molar-refractivity contribution is -0.131. The minimum atomic E-state index is -0.464. The van der Waals surface area contributed by atoms with E-state index in [2.05, 4.69) is 13.8 Å². The first-order valence-corrected chi connectivity index (χ1v) is 9.70. The van der Waals surface area contributed by atoms with Crippen molar-refractivity contribution in [2.45, 2.75) is 71.8 Å². The molecule has 0 bridgehead atoms. The van der Waals surface area contributed by atoms with E-state index in [0.29, 0.717) is 30.0 Å². The Morgan fingerprint density at radius 3 is 2.62 bits per heavy atom. The summed E-state index contributed by atoms with van der Waals surface area (Å²) in [6, 6.07) is 0. The third kappa shape index (κ3) is 2.06. The molecular formula is C21H30O3. The molecule has 0 heterocycles. The Hall–Kier alpha value is -0.960. The molecule has 0 aliphatic heterocycles. The van der Waals surface area contributed by atoms with Crippen molar-refractivity contribution in [1.82, 2.24) is 0 Å². The SMILES string of the molecule is CC(=O)[C@H]1[C@@H](O)C[C@@H]2[C@H]3CCC4=CC(=O)CC[C@]4(C)[C@@H]3CC[C@@]21C. The molecule has 0 amide bonds. The summed E-state index contributed by atoms with van der Waals surface area (Å²) in [6.07, 6.45) is 8.26. The average Bonchev–Trinajstić information content (AvgIpc) is 2.78. The average molecular weight is 330 g/mol. The van der Waals surface area contributed by atoms with Gasteiger partial charge in [-0.25, -0.2) is 0 Å². The zero-order chi connectivity index (χ0) is 17.3. The highest BCUT2D eigenvalue weighted by Gasteiger charge is 2.62. The maximum absolute atomic E-state index is 12.2. The Morgan fingerprint density at radius 1 is 1.17 bits per heavy atom. The van der Waals surface area contributed by atoms with Gasteiger partial charge in [0.25, 0.3) is 0 Å². The number of aliphatic hydroxyl groups excluding tert-OH is 1. The zero-order valence-corrected chi connectivity index (χ0v) is 15.2. The Labute approximate surface area is 144 Å². The van der Waals surface area contributed by atoms with Crippen LogP contribution in [0.1, 0.15) is 65.7 Å². The first kappa shape index (κ1) is 16.5. The van der Waals surface area contributed by atoms with E-state index in [9.17, 15) is 14.7 Å². The second-order valence-electron chi connectivity index (χ2n) is 9.40. The summed E-state index contributed by atoms with van der Waals surface area (Å²) in [4.78, 5) is 24.1. The van der Waals surface area contributed by atoms with E-state index in [0.717, 1.165) is 38.5 Å². The minimum absolute atomic E-state index is 0.0333. The van der Waals surface area contributed by atoms with Gasteiger partial charge in [0.05, 0.1) is 6.10 Å². The van der Waals surface area contributed by atoms with Gasteiger partial charge in [-0.3, -0.25) is 9.59 Å². The lowest BCUT2D eigenvalue weighted by Gasteiger charge is -2.57. The number of carbonyl (C=O) groups excluding carboxylic acids is 2. The molecule has 0 aromatic carbocycles. The fraction of sp³-hybridized carbons (Fsp3) is 0.810. The highest BCUT2D eigenvalue weighted by molar-refractivity contribution is 5.91. The van der Waals surface area contributed by atoms with Gasteiger partial charge >= 0.3 is 0 Å². The molecule has 0 radical (unpaired) electrons. The lowest BCUT2D eigenvalue weighted by Crippen LogP contribution is -2.51. The number of carbonyl (C=O) groups is 2. The van der Waals surface area contributed by atoms with Crippen molar-refractivity contribution in [1.29, 1.82) is 0 Å². The van der Waals surface area contributed by atoms with Crippen LogP contribution in [0.2, 0.25) is 0 Å². The van der Waals surface area contributed by atoms with Crippen molar-refractivity contribution < 1.29 is 14.7 Å². The molecule has 0 saturated heterocycles. The van der Waals surface area contributed by atoms with Gasteiger partial charge in [0.1, 0.15) is 5.78 Å². The molecule has 132 valence electrons. The number of ketones is 2. The van der Waals surface area contributed by atoms with Gasteiger partial charge in [0, 0.05) is 12.3 Å². The van der Waals surface area contributed by atoms with E-state index in [1.165, 1.54) is 5.57 Å². The molecule has 4 aliphatic rings. The number of fused-ring (bicyclic) bond motifs is 5. The van der Waals surface area contributed by atoms with Gasteiger partial charge < -0.3 is 5.11 Å². The molecular weight excluding hydrogens is 300 g/mol. The second-order valence-corrected chi connectivity index (χ2v) is 9.40. The lowest BCUT2D eigenvalue weighted by atomic mass is 9.46. The summed E-state index contributed by atoms with van der Waals surface area (Å²) < 4.78 is 0. The Balaban J connectivity index is 1.69. The van der Waals surface area contributed by atoms with Gasteiger partial charge in [-0.1, -0.05) is 19.4 Å². The van der Waals surface area contributed by atoms with E-state index < -0.39 is 6.10 Å². The predicted octanol–water partition coefficient (Wildman–Crippen LogP) is 3.69. The van der Waals surface area contributed by atoms with E-state index in [1.807, 2.05) is 6.08 Å². The van der Waals surface area contributed by atoms with Crippen LogP contribution >= 0.6 is 0 Å². The maximum Gasteiger partial charge on any atom is 0.155 e. The van der Waals surface area contributed by atoms with Crippen LogP contribution < -0.4 is 0 Å². The number of allylic oxidation sites excluding steroid dienone is 1. The fourth-order valence-corrected chi connectivity index (χ4v) is 7.31. The zero-order valence-electron chi connectivity index (χ0n) is 15.2. The molecule has 24 heavy (non-hydrogen) atoms. The van der Waals surface area contributed by atoms with Crippen LogP contribution in [0.25, 0.3) is 0 Å². The van der Waals surface area contributed by atoms with Crippen molar-refractivity contribution in [3.63, 3.8) is 0 Å². The summed E-state index contributed by atoms with van der Waals surface area (Å²) in [5.41, 5.74) is 1.51. The van der Waals surface area contributed by atoms with Crippen molar-refractivity contribution in [2.75, 3.05) is 0 Å². The Morgan fingerprint density at radius 2 is 1.92 bits per heavy atom. The maximum atomic E-state index is 12.2. The number of rotatable bonds is 1. The van der Waals surface area contributed by atoms with Crippen molar-refractivity contribution in [3.8, 4) is 0 Å². The Kier molecular flexibility index (Phi) is 3.62. The highest BCUT2D eigenvalue weighted by atomic mass is 16.3. The fourth-order valence-electron chi connectivity index (χ4n) is 7.31. The van der Waals surface area contributed by atoms with Crippen LogP contribution in [0.5, 0.6) is 0 Å². The standard InChI is InChI=1S/C21H30O3/c1-12(22)19-18(24)11-17-15-5-4-13-10-14(23)6-8-20(13,2)16(15)7-9-21(17,19)3/h10,15-19,24H,4-9,11H2,1-3H3/t15-,16+,17+,18-,19-,20-,21-/m0/s1. The number of hydrogen-bond donors (Lipinski definition) is 1. The third-order valence-electron chi connectivity index (χ3n) is 8.43. The monoisotopic (exact) mass is 330 g/mol. The van der Waals surface area contributed by atoms with Gasteiger partial charge in [-0.05, 0) is 80.1 Å². The predicted molar refractivity (Wildman–Crippen MR) is 92.3 cm³/mol. The van der Waals surface area contributed by atoms with Crippen LogP contribution in [0.3, 0.4) is 0 Å². The highest BCUT2D eigenvalue weighted by Crippen LogP contribution is 2.66. The van der Waals surface area contributed by atoms with E-state index in [1.54, 1.807) is 6.92 Å². The second kappa shape index (κ2) is 5.27. The minimum Gasteiger partial charge on any atom is -0.392 e. The van der Waals surface area contributed by atoms with Crippen molar-refractivity contribution in [3.05, 3.63) is 11.6 Å². The van der Waals surface area contributed by atoms with Crippen LogP contribution in [0.4, 0.5) is 0 Å². The molecule has 3 fully saturated rings. The Bertz CT molecular complexity index is 621.